The van der Waals surface area contributed by atoms with Crippen LogP contribution in [0.4, 0.5) is 28.8 Å². The van der Waals surface area contributed by atoms with Crippen LogP contribution >= 0.6 is 11.3 Å². The van der Waals surface area contributed by atoms with Crippen LogP contribution in [0.25, 0.3) is 10.2 Å². The maximum absolute atomic E-state index is 14.7. The van der Waals surface area contributed by atoms with Crippen LogP contribution < -0.4 is 10.2 Å². The van der Waals surface area contributed by atoms with Gasteiger partial charge < -0.3 is 20.0 Å². The molecule has 1 aliphatic rings. The van der Waals surface area contributed by atoms with Crippen molar-refractivity contribution in [2.45, 2.75) is 25.5 Å². The summed E-state index contributed by atoms with van der Waals surface area (Å²) in [7, 11) is 0. The first kappa shape index (κ1) is 23.3. The zero-order valence-electron chi connectivity index (χ0n) is 17.8. The number of carbonyl (C=O) groups excluding carboxylic acids is 1. The molecule has 0 unspecified atom stereocenters. The molecule has 1 fully saturated rings. The molecule has 3 N–H and O–H groups in total. The van der Waals surface area contributed by atoms with Crippen LogP contribution in [0.2, 0.25) is 0 Å². The SMILES string of the molecule is C[C@H]1CN(c2c(F)cc(C[C@H](O)CO)cc2F)CCN1C(=O)Nc1nc2ccc(F)cc2s1. The zero-order valence-corrected chi connectivity index (χ0v) is 18.6. The van der Waals surface area contributed by atoms with Crippen LogP contribution in [0.1, 0.15) is 12.5 Å². The molecule has 7 nitrogen and oxygen atoms in total. The van der Waals surface area contributed by atoms with E-state index in [2.05, 4.69) is 10.3 Å². The summed E-state index contributed by atoms with van der Waals surface area (Å²) in [4.78, 5) is 20.2. The first-order valence-corrected chi connectivity index (χ1v) is 11.2. The van der Waals surface area contributed by atoms with Crippen molar-refractivity contribution in [1.29, 1.82) is 0 Å². The number of benzene rings is 2. The highest BCUT2D eigenvalue weighted by atomic mass is 32.1. The van der Waals surface area contributed by atoms with Gasteiger partial charge in [0.2, 0.25) is 0 Å². The molecular weight excluding hydrogens is 457 g/mol. The number of fused-ring (bicyclic) bond motifs is 1. The van der Waals surface area contributed by atoms with Crippen molar-refractivity contribution in [3.05, 3.63) is 53.3 Å². The van der Waals surface area contributed by atoms with Crippen LogP contribution in [0.15, 0.2) is 30.3 Å². The third kappa shape index (κ3) is 5.05. The summed E-state index contributed by atoms with van der Waals surface area (Å²) in [5.41, 5.74) is 0.643. The Kier molecular flexibility index (Phi) is 6.73. The molecule has 0 aliphatic carbocycles. The number of anilines is 2. The Labute approximate surface area is 192 Å². The van der Waals surface area contributed by atoms with Crippen LogP contribution in [-0.4, -0.2) is 64.5 Å². The maximum atomic E-state index is 14.7. The number of carbonyl (C=O) groups is 1. The molecule has 176 valence electrons. The third-order valence-electron chi connectivity index (χ3n) is 5.53. The topological polar surface area (TPSA) is 88.9 Å². The molecule has 2 amide bonds. The van der Waals surface area contributed by atoms with Crippen LogP contribution in [0, 0.1) is 17.5 Å². The molecule has 2 aromatic carbocycles. The van der Waals surface area contributed by atoms with E-state index in [1.54, 1.807) is 16.7 Å². The number of rotatable bonds is 5. The molecule has 0 bridgehead atoms. The number of thiazole rings is 1. The molecular formula is C22H23F3N4O3S. The second-order valence-corrected chi connectivity index (χ2v) is 9.03. The average molecular weight is 481 g/mol. The van der Waals surface area contributed by atoms with Gasteiger partial charge in [0.05, 0.1) is 22.9 Å². The Morgan fingerprint density at radius 2 is 1.97 bits per heavy atom. The van der Waals surface area contributed by atoms with Gasteiger partial charge in [0, 0.05) is 32.1 Å². The molecule has 11 heteroatoms. The van der Waals surface area contributed by atoms with Gasteiger partial charge in [0.15, 0.2) is 5.13 Å². The molecule has 0 saturated carbocycles. The number of hydrogen-bond donors (Lipinski definition) is 3. The number of aromatic nitrogens is 1. The molecule has 0 radical (unpaired) electrons. The van der Waals surface area contributed by atoms with Gasteiger partial charge in [-0.2, -0.15) is 0 Å². The fourth-order valence-electron chi connectivity index (χ4n) is 3.95. The largest absolute Gasteiger partial charge is 0.394 e. The van der Waals surface area contributed by atoms with E-state index >= 15 is 0 Å². The number of nitrogens with zero attached hydrogens (tertiary/aromatic N) is 3. The minimum Gasteiger partial charge on any atom is -0.394 e. The van der Waals surface area contributed by atoms with Crippen molar-refractivity contribution >= 4 is 38.4 Å². The normalized spacial score (nSPS) is 17.5. The van der Waals surface area contributed by atoms with Gasteiger partial charge in [-0.1, -0.05) is 11.3 Å². The third-order valence-corrected chi connectivity index (χ3v) is 6.46. The lowest BCUT2D eigenvalue weighted by atomic mass is 10.1. The molecule has 4 rings (SSSR count). The standard InChI is InChI=1S/C22H23F3N4O3S/c1-12-10-28(20-16(24)7-13(8-17(20)25)6-15(31)11-30)4-5-29(12)22(32)27-21-26-18-3-2-14(23)9-19(18)33-21/h2-3,7-9,12,15,30-31H,4-6,10-11H2,1H3,(H,26,27,32)/t12-,15-/m0/s1. The molecule has 1 saturated heterocycles. The first-order chi connectivity index (χ1) is 15.7. The Balaban J connectivity index is 1.43. The molecule has 1 aromatic heterocycles. The van der Waals surface area contributed by atoms with E-state index < -0.39 is 30.4 Å². The van der Waals surface area contributed by atoms with Gasteiger partial charge in [-0.05, 0) is 42.8 Å². The molecule has 1 aliphatic heterocycles. The van der Waals surface area contributed by atoms with Gasteiger partial charge in [0.1, 0.15) is 23.1 Å². The number of urea groups is 1. The van der Waals surface area contributed by atoms with E-state index in [9.17, 15) is 23.1 Å². The van der Waals surface area contributed by atoms with Crippen molar-refractivity contribution in [2.24, 2.45) is 0 Å². The molecule has 2 atom stereocenters. The van der Waals surface area contributed by atoms with Crippen molar-refractivity contribution in [2.75, 3.05) is 36.5 Å². The smallest absolute Gasteiger partial charge is 0.324 e. The summed E-state index contributed by atoms with van der Waals surface area (Å²) in [5.74, 6) is -1.91. The maximum Gasteiger partial charge on any atom is 0.324 e. The Bertz CT molecular complexity index is 1150. The van der Waals surface area contributed by atoms with Crippen LogP contribution in [0.3, 0.4) is 0 Å². The quantitative estimate of drug-likeness (QED) is 0.521. The first-order valence-electron chi connectivity index (χ1n) is 10.4. The summed E-state index contributed by atoms with van der Waals surface area (Å²) in [6.07, 6.45) is -1.15. The number of amides is 2. The summed E-state index contributed by atoms with van der Waals surface area (Å²) in [5, 5.41) is 21.5. The highest BCUT2D eigenvalue weighted by molar-refractivity contribution is 7.22. The zero-order chi connectivity index (χ0) is 23.7. The van der Waals surface area contributed by atoms with Gasteiger partial charge in [-0.25, -0.2) is 22.9 Å². The highest BCUT2D eigenvalue weighted by Crippen LogP contribution is 2.29. The Morgan fingerprint density at radius 1 is 1.24 bits per heavy atom. The lowest BCUT2D eigenvalue weighted by molar-refractivity contribution is 0.0954. The van der Waals surface area contributed by atoms with E-state index in [1.165, 1.54) is 18.2 Å². The Hall–Kier alpha value is -2.89. The van der Waals surface area contributed by atoms with Crippen molar-refractivity contribution in [1.82, 2.24) is 9.88 Å². The number of aliphatic hydroxyl groups excluding tert-OH is 2. The summed E-state index contributed by atoms with van der Waals surface area (Å²) in [6.45, 7) is 1.94. The van der Waals surface area contributed by atoms with Gasteiger partial charge in [-0.15, -0.1) is 0 Å². The van der Waals surface area contributed by atoms with Crippen molar-refractivity contribution < 1.29 is 28.2 Å². The number of piperazine rings is 1. The summed E-state index contributed by atoms with van der Waals surface area (Å²) < 4.78 is 43.4. The van der Waals surface area contributed by atoms with Crippen molar-refractivity contribution in [3.63, 3.8) is 0 Å². The number of halogens is 3. The van der Waals surface area contributed by atoms with Crippen LogP contribution in [-0.2, 0) is 6.42 Å². The second kappa shape index (κ2) is 9.54. The van der Waals surface area contributed by atoms with E-state index in [4.69, 9.17) is 5.11 Å². The summed E-state index contributed by atoms with van der Waals surface area (Å²) in [6, 6.07) is 5.75. The lowest BCUT2D eigenvalue weighted by Crippen LogP contribution is -2.55. The molecule has 3 aromatic rings. The van der Waals surface area contributed by atoms with Crippen LogP contribution in [0.5, 0.6) is 0 Å². The van der Waals surface area contributed by atoms with E-state index in [-0.39, 0.29) is 49.2 Å². The van der Waals surface area contributed by atoms with Gasteiger partial charge >= 0.3 is 6.03 Å². The monoisotopic (exact) mass is 480 g/mol. The van der Waals surface area contributed by atoms with E-state index in [1.807, 2.05) is 0 Å². The predicted molar refractivity (Wildman–Crippen MR) is 120 cm³/mol. The molecule has 33 heavy (non-hydrogen) atoms. The fraction of sp³-hybridized carbons (Fsp3) is 0.364. The van der Waals surface area contributed by atoms with Gasteiger partial charge in [-0.3, -0.25) is 5.32 Å². The predicted octanol–water partition coefficient (Wildman–Crippen LogP) is 3.35. The fourth-order valence-corrected chi connectivity index (χ4v) is 4.83. The highest BCUT2D eigenvalue weighted by Gasteiger charge is 2.31. The molecule has 0 spiro atoms. The lowest BCUT2D eigenvalue weighted by Gasteiger charge is -2.40. The van der Waals surface area contributed by atoms with E-state index in [0.717, 1.165) is 23.5 Å². The van der Waals surface area contributed by atoms with Crippen molar-refractivity contribution in [3.8, 4) is 0 Å². The minimum absolute atomic E-state index is 0.0621. The summed E-state index contributed by atoms with van der Waals surface area (Å²) >= 11 is 1.16. The average Bonchev–Trinajstić information content (AvgIpc) is 3.14. The number of hydrogen-bond acceptors (Lipinski definition) is 6. The van der Waals surface area contributed by atoms with Gasteiger partial charge in [0.25, 0.3) is 0 Å². The number of aliphatic hydroxyl groups is 2. The van der Waals surface area contributed by atoms with E-state index in [0.29, 0.717) is 15.3 Å². The second-order valence-electron chi connectivity index (χ2n) is 8.00. The molecule has 2 heterocycles. The Morgan fingerprint density at radius 3 is 2.64 bits per heavy atom. The minimum atomic E-state index is -1.09. The number of nitrogens with one attached hydrogen (secondary N) is 1.